The number of aryl methyl sites for hydroxylation is 1. The molecule has 3 rings (SSSR count). The van der Waals surface area contributed by atoms with Crippen molar-refractivity contribution in [2.75, 3.05) is 19.7 Å². The highest BCUT2D eigenvalue weighted by Gasteiger charge is 2.17. The highest BCUT2D eigenvalue weighted by atomic mass is 16.5. The molecule has 0 atom stereocenters. The summed E-state index contributed by atoms with van der Waals surface area (Å²) in [5, 5.41) is 4.64. The second-order valence-corrected chi connectivity index (χ2v) is 4.73. The van der Waals surface area contributed by atoms with Crippen molar-refractivity contribution in [3.63, 3.8) is 0 Å². The van der Waals surface area contributed by atoms with Crippen molar-refractivity contribution in [1.82, 2.24) is 5.32 Å². The van der Waals surface area contributed by atoms with Crippen LogP contribution in [0.2, 0.25) is 0 Å². The van der Waals surface area contributed by atoms with Gasteiger partial charge in [0.05, 0.1) is 12.9 Å². The van der Waals surface area contributed by atoms with Crippen molar-refractivity contribution in [2.24, 2.45) is 0 Å². The van der Waals surface area contributed by atoms with E-state index in [1.165, 1.54) is 16.5 Å². The Labute approximate surface area is 107 Å². The maximum atomic E-state index is 5.72. The number of fused-ring (bicyclic) bond motifs is 3. The number of hydrogen-bond donors (Lipinski definition) is 1. The number of furan rings is 1. The Balaban J connectivity index is 1.99. The lowest BCUT2D eigenvalue weighted by Crippen LogP contribution is -2.16. The lowest BCUT2D eigenvalue weighted by Gasteiger charge is -2.18. The van der Waals surface area contributed by atoms with Crippen LogP contribution < -0.4 is 10.1 Å². The molecule has 0 fully saturated rings. The molecule has 1 N–H and O–H groups in total. The van der Waals surface area contributed by atoms with Crippen LogP contribution in [-0.2, 0) is 12.8 Å². The summed E-state index contributed by atoms with van der Waals surface area (Å²) in [7, 11) is 0. The Kier molecular flexibility index (Phi) is 3.24. The average molecular weight is 245 g/mol. The smallest absolute Gasteiger partial charge is 0.134 e. The van der Waals surface area contributed by atoms with Crippen molar-refractivity contribution < 1.29 is 9.15 Å². The van der Waals surface area contributed by atoms with Gasteiger partial charge in [-0.05, 0) is 50.0 Å². The molecular formula is C15H19NO2. The Morgan fingerprint density at radius 1 is 1.33 bits per heavy atom. The van der Waals surface area contributed by atoms with Gasteiger partial charge in [-0.2, -0.15) is 0 Å². The summed E-state index contributed by atoms with van der Waals surface area (Å²) in [6.07, 6.45) is 5.11. The number of nitrogens with one attached hydrogen (secondary N) is 1. The molecule has 1 aromatic carbocycles. The summed E-state index contributed by atoms with van der Waals surface area (Å²) in [4.78, 5) is 0. The molecule has 0 amide bonds. The molecule has 0 aliphatic carbocycles. The van der Waals surface area contributed by atoms with Crippen molar-refractivity contribution >= 4 is 11.0 Å². The Bertz CT molecular complexity index is 545. The molecule has 2 heterocycles. The Morgan fingerprint density at radius 2 is 2.28 bits per heavy atom. The van der Waals surface area contributed by atoms with E-state index in [2.05, 4.69) is 12.2 Å². The van der Waals surface area contributed by atoms with E-state index in [0.29, 0.717) is 0 Å². The third-order valence-corrected chi connectivity index (χ3v) is 3.53. The zero-order valence-electron chi connectivity index (χ0n) is 10.8. The third kappa shape index (κ3) is 1.99. The SMILES string of the molecule is CCNCCc1coc2ccc3c(c12)CCCO3. The number of likely N-dealkylation sites (N-methyl/N-ethyl adjacent to an activating group) is 1. The first kappa shape index (κ1) is 11.6. The number of rotatable bonds is 4. The second kappa shape index (κ2) is 5.02. The molecule has 2 aromatic rings. The predicted molar refractivity (Wildman–Crippen MR) is 72.3 cm³/mol. The van der Waals surface area contributed by atoms with Crippen LogP contribution in [0.5, 0.6) is 5.75 Å². The summed E-state index contributed by atoms with van der Waals surface area (Å²) in [5.74, 6) is 1.04. The van der Waals surface area contributed by atoms with E-state index in [1.54, 1.807) is 0 Å². The molecule has 0 radical (unpaired) electrons. The van der Waals surface area contributed by atoms with Gasteiger partial charge < -0.3 is 14.5 Å². The summed E-state index contributed by atoms with van der Waals surface area (Å²) in [6.45, 7) is 4.97. The van der Waals surface area contributed by atoms with Gasteiger partial charge in [0.15, 0.2) is 0 Å². The van der Waals surface area contributed by atoms with Crippen molar-refractivity contribution in [3.05, 3.63) is 29.5 Å². The van der Waals surface area contributed by atoms with E-state index in [0.717, 1.165) is 50.3 Å². The topological polar surface area (TPSA) is 34.4 Å². The van der Waals surface area contributed by atoms with Crippen LogP contribution in [0.15, 0.2) is 22.8 Å². The average Bonchev–Trinajstić information content (AvgIpc) is 2.83. The third-order valence-electron chi connectivity index (χ3n) is 3.53. The quantitative estimate of drug-likeness (QED) is 0.841. The predicted octanol–water partition coefficient (Wildman–Crippen LogP) is 2.91. The highest BCUT2D eigenvalue weighted by molar-refractivity contribution is 5.87. The number of hydrogen-bond acceptors (Lipinski definition) is 3. The fourth-order valence-electron chi connectivity index (χ4n) is 2.65. The zero-order valence-corrected chi connectivity index (χ0v) is 10.8. The maximum absolute atomic E-state index is 5.72. The minimum Gasteiger partial charge on any atom is -0.493 e. The van der Waals surface area contributed by atoms with E-state index < -0.39 is 0 Å². The number of benzene rings is 1. The van der Waals surface area contributed by atoms with Gasteiger partial charge in [-0.1, -0.05) is 6.92 Å². The van der Waals surface area contributed by atoms with Crippen LogP contribution in [0.4, 0.5) is 0 Å². The fourth-order valence-corrected chi connectivity index (χ4v) is 2.65. The Morgan fingerprint density at radius 3 is 3.17 bits per heavy atom. The van der Waals surface area contributed by atoms with Crippen LogP contribution >= 0.6 is 0 Å². The van der Waals surface area contributed by atoms with Crippen molar-refractivity contribution in [3.8, 4) is 5.75 Å². The van der Waals surface area contributed by atoms with Gasteiger partial charge in [0, 0.05) is 10.9 Å². The molecule has 96 valence electrons. The first-order chi connectivity index (χ1) is 8.90. The molecule has 0 saturated carbocycles. The van der Waals surface area contributed by atoms with E-state index >= 15 is 0 Å². The minimum absolute atomic E-state index is 0.836. The lowest BCUT2D eigenvalue weighted by molar-refractivity contribution is 0.289. The Hall–Kier alpha value is -1.48. The van der Waals surface area contributed by atoms with Gasteiger partial charge in [0.1, 0.15) is 11.3 Å². The van der Waals surface area contributed by atoms with Gasteiger partial charge >= 0.3 is 0 Å². The van der Waals surface area contributed by atoms with Crippen LogP contribution in [0.1, 0.15) is 24.5 Å². The van der Waals surface area contributed by atoms with E-state index in [-0.39, 0.29) is 0 Å². The molecular weight excluding hydrogens is 226 g/mol. The van der Waals surface area contributed by atoms with Crippen LogP contribution in [-0.4, -0.2) is 19.7 Å². The summed E-state index contributed by atoms with van der Waals surface area (Å²) >= 11 is 0. The molecule has 1 aliphatic rings. The first-order valence-electron chi connectivity index (χ1n) is 6.75. The molecule has 1 aromatic heterocycles. The standard InChI is InChI=1S/C15H19NO2/c1-2-16-8-7-11-10-18-14-6-5-13-12(15(11)14)4-3-9-17-13/h5-6,10,16H,2-4,7-9H2,1H3. The fraction of sp³-hybridized carbons (Fsp3) is 0.467. The molecule has 1 aliphatic heterocycles. The summed E-state index contributed by atoms with van der Waals surface area (Å²) in [5.41, 5.74) is 3.62. The normalized spacial score (nSPS) is 14.5. The van der Waals surface area contributed by atoms with Crippen molar-refractivity contribution in [2.45, 2.75) is 26.2 Å². The minimum atomic E-state index is 0.836. The summed E-state index contributed by atoms with van der Waals surface area (Å²) < 4.78 is 11.4. The summed E-state index contributed by atoms with van der Waals surface area (Å²) in [6, 6.07) is 4.06. The maximum Gasteiger partial charge on any atom is 0.134 e. The van der Waals surface area contributed by atoms with Gasteiger partial charge in [0.2, 0.25) is 0 Å². The van der Waals surface area contributed by atoms with Crippen LogP contribution in [0.25, 0.3) is 11.0 Å². The molecule has 0 saturated heterocycles. The molecule has 3 heteroatoms. The van der Waals surface area contributed by atoms with E-state index in [1.807, 2.05) is 18.4 Å². The molecule has 0 unspecified atom stereocenters. The highest BCUT2D eigenvalue weighted by Crippen LogP contribution is 2.35. The molecule has 3 nitrogen and oxygen atoms in total. The monoisotopic (exact) mass is 245 g/mol. The first-order valence-corrected chi connectivity index (χ1v) is 6.75. The molecule has 18 heavy (non-hydrogen) atoms. The van der Waals surface area contributed by atoms with Crippen LogP contribution in [0, 0.1) is 0 Å². The molecule has 0 spiro atoms. The van der Waals surface area contributed by atoms with E-state index in [9.17, 15) is 0 Å². The van der Waals surface area contributed by atoms with Gasteiger partial charge in [0.25, 0.3) is 0 Å². The number of ether oxygens (including phenoxy) is 1. The second-order valence-electron chi connectivity index (χ2n) is 4.73. The zero-order chi connectivity index (χ0) is 12.4. The van der Waals surface area contributed by atoms with Crippen molar-refractivity contribution in [1.29, 1.82) is 0 Å². The van der Waals surface area contributed by atoms with Gasteiger partial charge in [-0.3, -0.25) is 0 Å². The molecule has 0 bridgehead atoms. The lowest BCUT2D eigenvalue weighted by atomic mass is 9.98. The van der Waals surface area contributed by atoms with Crippen LogP contribution in [0.3, 0.4) is 0 Å². The largest absolute Gasteiger partial charge is 0.493 e. The van der Waals surface area contributed by atoms with Gasteiger partial charge in [-0.15, -0.1) is 0 Å². The van der Waals surface area contributed by atoms with E-state index in [4.69, 9.17) is 9.15 Å². The van der Waals surface area contributed by atoms with Gasteiger partial charge in [-0.25, -0.2) is 0 Å².